The quantitative estimate of drug-likeness (QED) is 0.647. The lowest BCUT2D eigenvalue weighted by molar-refractivity contribution is -0.115. The fourth-order valence-corrected chi connectivity index (χ4v) is 2.15. The Morgan fingerprint density at radius 2 is 2.28 bits per heavy atom. The Balaban J connectivity index is 2.13. The highest BCUT2D eigenvalue weighted by Crippen LogP contribution is 2.28. The summed E-state index contributed by atoms with van der Waals surface area (Å²) in [5.41, 5.74) is 1.76. The third kappa shape index (κ3) is 2.79. The van der Waals surface area contributed by atoms with Gasteiger partial charge in [0.25, 0.3) is 0 Å². The predicted octanol–water partition coefficient (Wildman–Crippen LogP) is 2.12. The molecule has 96 valence electrons. The van der Waals surface area contributed by atoms with E-state index in [-0.39, 0.29) is 12.5 Å². The second kappa shape index (κ2) is 5.82. The van der Waals surface area contributed by atoms with E-state index in [2.05, 4.69) is 17.6 Å². The maximum Gasteiger partial charge on any atom is 0.244 e. The molecule has 1 aliphatic rings. The summed E-state index contributed by atoms with van der Waals surface area (Å²) in [6.45, 7) is 3.25. The number of fused-ring (bicyclic) bond motifs is 1. The highest BCUT2D eigenvalue weighted by molar-refractivity contribution is 7.80. The van der Waals surface area contributed by atoms with E-state index in [4.69, 9.17) is 12.2 Å². The number of carbonyl (C=O) groups excluding carboxylic acids is 1. The third-order valence-corrected chi connectivity index (χ3v) is 3.19. The van der Waals surface area contributed by atoms with Crippen LogP contribution in [-0.4, -0.2) is 24.1 Å². The van der Waals surface area contributed by atoms with Crippen molar-refractivity contribution in [2.45, 2.75) is 19.8 Å². The smallest absolute Gasteiger partial charge is 0.244 e. The number of anilines is 2. The number of amides is 1. The first-order valence-corrected chi connectivity index (χ1v) is 6.57. The van der Waals surface area contributed by atoms with E-state index in [0.29, 0.717) is 5.11 Å². The number of nitrogens with one attached hydrogen (secondary N) is 2. The van der Waals surface area contributed by atoms with Gasteiger partial charge in [-0.25, -0.2) is 0 Å². The molecule has 5 heteroatoms. The molecule has 0 spiro atoms. The minimum Gasteiger partial charge on any atom is -0.362 e. The van der Waals surface area contributed by atoms with Gasteiger partial charge < -0.3 is 15.5 Å². The number of hydrogen-bond acceptors (Lipinski definition) is 2. The molecule has 1 aromatic carbocycles. The molecular weight excluding hydrogens is 246 g/mol. The van der Waals surface area contributed by atoms with Crippen molar-refractivity contribution in [2.24, 2.45) is 0 Å². The Hall–Kier alpha value is -1.62. The molecule has 0 aliphatic carbocycles. The van der Waals surface area contributed by atoms with Crippen molar-refractivity contribution in [2.75, 3.05) is 23.3 Å². The number of thiocarbonyl (C=S) groups is 1. The number of nitrogens with zero attached hydrogens (tertiary/aromatic N) is 1. The van der Waals surface area contributed by atoms with Gasteiger partial charge in [-0.2, -0.15) is 0 Å². The van der Waals surface area contributed by atoms with Gasteiger partial charge in [0.1, 0.15) is 6.54 Å². The number of carbonyl (C=O) groups is 1. The van der Waals surface area contributed by atoms with Crippen molar-refractivity contribution in [1.29, 1.82) is 0 Å². The standard InChI is InChI=1S/C13H17N3OS/c1-2-3-8-14-13(18)16-9-12(17)15-10-6-4-5-7-11(10)16/h4-7H,2-3,8-9H2,1H3,(H,14,18)(H,15,17). The lowest BCUT2D eigenvalue weighted by Gasteiger charge is -2.31. The minimum absolute atomic E-state index is 0.0339. The Kier molecular flexibility index (Phi) is 4.15. The van der Waals surface area contributed by atoms with E-state index in [1.54, 1.807) is 0 Å². The molecule has 0 fully saturated rings. The van der Waals surface area contributed by atoms with Crippen LogP contribution in [0.3, 0.4) is 0 Å². The van der Waals surface area contributed by atoms with E-state index in [1.165, 1.54) is 0 Å². The zero-order valence-corrected chi connectivity index (χ0v) is 11.2. The molecule has 2 N–H and O–H groups in total. The van der Waals surface area contributed by atoms with Gasteiger partial charge in [0.05, 0.1) is 11.4 Å². The van der Waals surface area contributed by atoms with Crippen LogP contribution < -0.4 is 15.5 Å². The normalized spacial score (nSPS) is 13.8. The molecule has 4 nitrogen and oxygen atoms in total. The van der Waals surface area contributed by atoms with Gasteiger partial charge >= 0.3 is 0 Å². The zero-order chi connectivity index (χ0) is 13.0. The molecule has 0 saturated heterocycles. The van der Waals surface area contributed by atoms with Crippen molar-refractivity contribution in [1.82, 2.24) is 5.32 Å². The van der Waals surface area contributed by atoms with Crippen molar-refractivity contribution < 1.29 is 4.79 Å². The first kappa shape index (κ1) is 12.8. The topological polar surface area (TPSA) is 44.4 Å². The third-order valence-electron chi connectivity index (χ3n) is 2.82. The molecule has 0 bridgehead atoms. The summed E-state index contributed by atoms with van der Waals surface area (Å²) in [6.07, 6.45) is 2.19. The minimum atomic E-state index is -0.0339. The van der Waals surface area contributed by atoms with Gasteiger partial charge in [0, 0.05) is 6.54 Å². The molecular formula is C13H17N3OS. The van der Waals surface area contributed by atoms with Gasteiger partial charge in [0.15, 0.2) is 5.11 Å². The zero-order valence-electron chi connectivity index (χ0n) is 10.4. The van der Waals surface area contributed by atoms with E-state index < -0.39 is 0 Å². The van der Waals surface area contributed by atoms with E-state index in [1.807, 2.05) is 29.2 Å². The first-order valence-electron chi connectivity index (χ1n) is 6.16. The Morgan fingerprint density at radius 1 is 1.50 bits per heavy atom. The molecule has 0 unspecified atom stereocenters. The SMILES string of the molecule is CCCCNC(=S)N1CC(=O)Nc2ccccc21. The van der Waals surface area contributed by atoms with E-state index in [0.717, 1.165) is 30.8 Å². The maximum atomic E-state index is 11.6. The molecule has 0 atom stereocenters. The van der Waals surface area contributed by atoms with Gasteiger partial charge in [-0.05, 0) is 30.8 Å². The van der Waals surface area contributed by atoms with Crippen LogP contribution in [-0.2, 0) is 4.79 Å². The summed E-state index contributed by atoms with van der Waals surface area (Å²) >= 11 is 5.35. The molecule has 1 amide bonds. The Labute approximate surface area is 112 Å². The average Bonchev–Trinajstić information content (AvgIpc) is 2.38. The van der Waals surface area contributed by atoms with Gasteiger partial charge in [-0.15, -0.1) is 0 Å². The van der Waals surface area contributed by atoms with Gasteiger partial charge in [0.2, 0.25) is 5.91 Å². The van der Waals surface area contributed by atoms with Crippen LogP contribution in [0.15, 0.2) is 24.3 Å². The van der Waals surface area contributed by atoms with Crippen LogP contribution in [0.1, 0.15) is 19.8 Å². The lowest BCUT2D eigenvalue weighted by atomic mass is 10.2. The fourth-order valence-electron chi connectivity index (χ4n) is 1.88. The number of rotatable bonds is 3. The Morgan fingerprint density at radius 3 is 3.06 bits per heavy atom. The highest BCUT2D eigenvalue weighted by Gasteiger charge is 2.23. The monoisotopic (exact) mass is 263 g/mol. The fraction of sp³-hybridized carbons (Fsp3) is 0.385. The van der Waals surface area contributed by atoms with Crippen molar-refractivity contribution in [3.63, 3.8) is 0 Å². The summed E-state index contributed by atoms with van der Waals surface area (Å²) in [5, 5.41) is 6.65. The van der Waals surface area contributed by atoms with Crippen LogP contribution in [0.25, 0.3) is 0 Å². The number of unbranched alkanes of at least 4 members (excludes halogenated alkanes) is 1. The molecule has 1 aliphatic heterocycles. The van der Waals surface area contributed by atoms with Gasteiger partial charge in [-0.3, -0.25) is 4.79 Å². The maximum absolute atomic E-state index is 11.6. The van der Waals surface area contributed by atoms with Crippen LogP contribution in [0.2, 0.25) is 0 Å². The molecule has 2 rings (SSSR count). The number of hydrogen-bond donors (Lipinski definition) is 2. The second-order valence-corrected chi connectivity index (χ2v) is 4.62. The highest BCUT2D eigenvalue weighted by atomic mass is 32.1. The van der Waals surface area contributed by atoms with Crippen molar-refractivity contribution in [3.8, 4) is 0 Å². The molecule has 0 saturated carbocycles. The molecule has 1 aromatic rings. The summed E-state index contributed by atoms with van der Waals surface area (Å²) in [4.78, 5) is 13.5. The van der Waals surface area contributed by atoms with Crippen LogP contribution in [0, 0.1) is 0 Å². The van der Waals surface area contributed by atoms with Crippen LogP contribution in [0.4, 0.5) is 11.4 Å². The first-order chi connectivity index (χ1) is 8.72. The van der Waals surface area contributed by atoms with Gasteiger partial charge in [-0.1, -0.05) is 25.5 Å². The van der Waals surface area contributed by atoms with Crippen LogP contribution in [0.5, 0.6) is 0 Å². The summed E-state index contributed by atoms with van der Waals surface area (Å²) in [7, 11) is 0. The van der Waals surface area contributed by atoms with E-state index >= 15 is 0 Å². The molecule has 0 aromatic heterocycles. The number of para-hydroxylation sites is 2. The summed E-state index contributed by atoms with van der Waals surface area (Å²) < 4.78 is 0. The van der Waals surface area contributed by atoms with Crippen molar-refractivity contribution in [3.05, 3.63) is 24.3 Å². The largest absolute Gasteiger partial charge is 0.362 e. The summed E-state index contributed by atoms with van der Waals surface area (Å²) in [5.74, 6) is -0.0339. The van der Waals surface area contributed by atoms with Crippen molar-refractivity contribution >= 4 is 34.6 Å². The predicted molar refractivity (Wildman–Crippen MR) is 77.9 cm³/mol. The average molecular weight is 263 g/mol. The molecule has 0 radical (unpaired) electrons. The lowest BCUT2D eigenvalue weighted by Crippen LogP contribution is -2.47. The molecule has 18 heavy (non-hydrogen) atoms. The molecule has 1 heterocycles. The number of benzene rings is 1. The Bertz CT molecular complexity index is 461. The second-order valence-electron chi connectivity index (χ2n) is 4.24. The van der Waals surface area contributed by atoms with E-state index in [9.17, 15) is 4.79 Å². The summed E-state index contributed by atoms with van der Waals surface area (Å²) in [6, 6.07) is 7.69. The van der Waals surface area contributed by atoms with Crippen LogP contribution >= 0.6 is 12.2 Å².